The molecular formula is C18H19ClN2O3. The number of esters is 1. The van der Waals surface area contributed by atoms with Crippen LogP contribution in [0.1, 0.15) is 38.0 Å². The topological polar surface area (TPSA) is 65.2 Å². The molecule has 3 atom stereocenters. The van der Waals surface area contributed by atoms with Crippen molar-refractivity contribution < 1.29 is 13.9 Å². The fourth-order valence-corrected chi connectivity index (χ4v) is 4.19. The second-order valence-corrected chi connectivity index (χ2v) is 7.24. The summed E-state index contributed by atoms with van der Waals surface area (Å²) >= 11 is 5.86. The van der Waals surface area contributed by atoms with Crippen LogP contribution < -0.4 is 0 Å². The minimum Gasteiger partial charge on any atom is -0.456 e. The number of carbonyl (C=O) groups excluding carboxylic acids is 1. The zero-order valence-corrected chi connectivity index (χ0v) is 14.0. The minimum absolute atomic E-state index is 0.0280. The van der Waals surface area contributed by atoms with Crippen LogP contribution in [0.3, 0.4) is 0 Å². The molecule has 2 aliphatic carbocycles. The van der Waals surface area contributed by atoms with E-state index in [2.05, 4.69) is 10.2 Å². The Morgan fingerprint density at radius 1 is 1.21 bits per heavy atom. The van der Waals surface area contributed by atoms with Crippen molar-refractivity contribution in [2.45, 2.75) is 38.7 Å². The molecule has 2 aliphatic rings. The third-order valence-corrected chi connectivity index (χ3v) is 5.48. The first-order chi connectivity index (χ1) is 11.7. The van der Waals surface area contributed by atoms with Crippen molar-refractivity contribution in [3.63, 3.8) is 0 Å². The van der Waals surface area contributed by atoms with Crippen LogP contribution in [0.15, 0.2) is 28.7 Å². The summed E-state index contributed by atoms with van der Waals surface area (Å²) in [5.41, 5.74) is 0.784. The van der Waals surface area contributed by atoms with Gasteiger partial charge in [-0.15, -0.1) is 10.2 Å². The lowest BCUT2D eigenvalue weighted by Crippen LogP contribution is -2.17. The highest BCUT2D eigenvalue weighted by atomic mass is 35.5. The number of nitrogens with zero attached hydrogens (tertiary/aromatic N) is 2. The van der Waals surface area contributed by atoms with Crippen molar-refractivity contribution in [1.82, 2.24) is 10.2 Å². The second kappa shape index (κ2) is 6.55. The molecule has 24 heavy (non-hydrogen) atoms. The van der Waals surface area contributed by atoms with Crippen LogP contribution in [0.25, 0.3) is 11.5 Å². The lowest BCUT2D eigenvalue weighted by molar-refractivity contribution is -0.147. The van der Waals surface area contributed by atoms with Gasteiger partial charge in [0, 0.05) is 17.0 Å². The van der Waals surface area contributed by atoms with Crippen molar-refractivity contribution in [1.29, 1.82) is 0 Å². The Morgan fingerprint density at radius 2 is 2.04 bits per heavy atom. The van der Waals surface area contributed by atoms with Crippen molar-refractivity contribution in [3.8, 4) is 11.5 Å². The van der Waals surface area contributed by atoms with E-state index in [1.54, 1.807) is 24.3 Å². The van der Waals surface area contributed by atoms with Gasteiger partial charge in [0.25, 0.3) is 5.89 Å². The van der Waals surface area contributed by atoms with Crippen LogP contribution in [0.4, 0.5) is 0 Å². The smallest absolute Gasteiger partial charge is 0.306 e. The second-order valence-electron chi connectivity index (χ2n) is 6.81. The molecule has 2 saturated carbocycles. The molecule has 6 heteroatoms. The molecule has 2 fully saturated rings. The van der Waals surface area contributed by atoms with Gasteiger partial charge in [-0.2, -0.15) is 0 Å². The van der Waals surface area contributed by atoms with Gasteiger partial charge in [0.1, 0.15) is 0 Å². The van der Waals surface area contributed by atoms with Gasteiger partial charge in [-0.25, -0.2) is 0 Å². The molecule has 1 aromatic heterocycles. The summed E-state index contributed by atoms with van der Waals surface area (Å²) in [4.78, 5) is 12.0. The summed E-state index contributed by atoms with van der Waals surface area (Å²) in [7, 11) is 0. The first-order valence-corrected chi connectivity index (χ1v) is 8.79. The van der Waals surface area contributed by atoms with Gasteiger partial charge < -0.3 is 9.15 Å². The summed E-state index contributed by atoms with van der Waals surface area (Å²) in [5.74, 6) is 2.60. The van der Waals surface area contributed by atoms with Crippen molar-refractivity contribution >= 4 is 17.6 Å². The Morgan fingerprint density at radius 3 is 2.75 bits per heavy atom. The Hall–Kier alpha value is -1.88. The number of fused-ring (bicyclic) bond motifs is 2. The molecule has 0 saturated heterocycles. The quantitative estimate of drug-likeness (QED) is 0.757. The van der Waals surface area contributed by atoms with Crippen LogP contribution >= 0.6 is 11.6 Å². The zero-order chi connectivity index (χ0) is 16.5. The van der Waals surface area contributed by atoms with E-state index >= 15 is 0 Å². The molecule has 1 aromatic carbocycles. The van der Waals surface area contributed by atoms with Gasteiger partial charge >= 0.3 is 5.97 Å². The van der Waals surface area contributed by atoms with Gasteiger partial charge in [0.15, 0.2) is 6.61 Å². The highest BCUT2D eigenvalue weighted by molar-refractivity contribution is 6.30. The van der Waals surface area contributed by atoms with E-state index in [0.29, 0.717) is 29.1 Å². The van der Waals surface area contributed by atoms with E-state index in [1.165, 1.54) is 25.7 Å². The van der Waals surface area contributed by atoms with Gasteiger partial charge in [0.05, 0.1) is 0 Å². The van der Waals surface area contributed by atoms with E-state index in [-0.39, 0.29) is 12.6 Å². The summed E-state index contributed by atoms with van der Waals surface area (Å²) in [6.45, 7) is 0.0280. The molecule has 0 amide bonds. The third-order valence-electron chi connectivity index (χ3n) is 5.23. The molecule has 0 unspecified atom stereocenters. The van der Waals surface area contributed by atoms with E-state index in [0.717, 1.165) is 17.4 Å². The summed E-state index contributed by atoms with van der Waals surface area (Å²) in [6, 6.07) is 7.13. The van der Waals surface area contributed by atoms with Gasteiger partial charge in [0.2, 0.25) is 5.89 Å². The largest absolute Gasteiger partial charge is 0.456 e. The SMILES string of the molecule is O=C(C[C@H]1C[C@@H]2CC[C@@H]1C2)OCc1nnc(-c2ccc(Cl)cc2)o1. The Balaban J connectivity index is 1.30. The van der Waals surface area contributed by atoms with Gasteiger partial charge in [-0.1, -0.05) is 18.0 Å². The summed E-state index contributed by atoms with van der Waals surface area (Å²) in [6.07, 6.45) is 5.61. The van der Waals surface area contributed by atoms with Crippen LogP contribution in [-0.4, -0.2) is 16.2 Å². The standard InChI is InChI=1S/C18H19ClN2O3/c19-15-5-3-12(4-6-15)18-21-20-16(24-18)10-23-17(22)9-14-8-11-1-2-13(14)7-11/h3-6,11,13-14H,1-2,7-10H2/t11-,13-,14-/m1/s1. The fraction of sp³-hybridized carbons (Fsp3) is 0.500. The molecule has 126 valence electrons. The molecular weight excluding hydrogens is 328 g/mol. The Labute approximate surface area is 145 Å². The van der Waals surface area contributed by atoms with Crippen LogP contribution in [0.5, 0.6) is 0 Å². The summed E-state index contributed by atoms with van der Waals surface area (Å²) in [5, 5.41) is 8.55. The number of hydrogen-bond donors (Lipinski definition) is 0. The lowest BCUT2D eigenvalue weighted by atomic mass is 9.86. The predicted octanol–water partition coefficient (Wildman–Crippen LogP) is 4.26. The number of halogens is 1. The molecule has 5 nitrogen and oxygen atoms in total. The molecule has 0 aliphatic heterocycles. The highest BCUT2D eigenvalue weighted by Crippen LogP contribution is 2.49. The maximum absolute atomic E-state index is 12.0. The van der Waals surface area contributed by atoms with E-state index < -0.39 is 0 Å². The molecule has 0 spiro atoms. The molecule has 4 rings (SSSR count). The average molecular weight is 347 g/mol. The monoisotopic (exact) mass is 346 g/mol. The molecule has 0 N–H and O–H groups in total. The van der Waals surface area contributed by atoms with Crippen molar-refractivity contribution in [2.75, 3.05) is 0 Å². The van der Waals surface area contributed by atoms with Crippen molar-refractivity contribution in [2.24, 2.45) is 17.8 Å². The highest BCUT2D eigenvalue weighted by Gasteiger charge is 2.40. The van der Waals surface area contributed by atoms with Gasteiger partial charge in [-0.05, 0) is 61.3 Å². The fourth-order valence-electron chi connectivity index (χ4n) is 4.06. The zero-order valence-electron chi connectivity index (χ0n) is 13.3. The normalized spacial score (nSPS) is 25.1. The number of hydrogen-bond acceptors (Lipinski definition) is 5. The average Bonchev–Trinajstić information content (AvgIpc) is 3.30. The number of benzene rings is 1. The Kier molecular flexibility index (Phi) is 4.27. The first-order valence-electron chi connectivity index (χ1n) is 8.41. The van der Waals surface area contributed by atoms with Gasteiger partial charge in [-0.3, -0.25) is 4.79 Å². The number of aromatic nitrogens is 2. The van der Waals surface area contributed by atoms with E-state index in [1.807, 2.05) is 0 Å². The lowest BCUT2D eigenvalue weighted by Gasteiger charge is -2.20. The number of carbonyl (C=O) groups is 1. The molecule has 0 radical (unpaired) electrons. The molecule has 1 heterocycles. The Bertz CT molecular complexity index is 728. The summed E-state index contributed by atoms with van der Waals surface area (Å²) < 4.78 is 10.8. The first kappa shape index (κ1) is 15.6. The maximum Gasteiger partial charge on any atom is 0.306 e. The van der Waals surface area contributed by atoms with Crippen LogP contribution in [0.2, 0.25) is 5.02 Å². The minimum atomic E-state index is -0.168. The van der Waals surface area contributed by atoms with Crippen LogP contribution in [0, 0.1) is 17.8 Å². The maximum atomic E-state index is 12.0. The third kappa shape index (κ3) is 3.31. The molecule has 2 aromatic rings. The number of rotatable bonds is 5. The van der Waals surface area contributed by atoms with Crippen molar-refractivity contribution in [3.05, 3.63) is 35.2 Å². The van der Waals surface area contributed by atoms with Crippen LogP contribution in [-0.2, 0) is 16.1 Å². The molecule has 2 bridgehead atoms. The van der Waals surface area contributed by atoms with E-state index in [4.69, 9.17) is 20.8 Å². The number of ether oxygens (including phenoxy) is 1. The van der Waals surface area contributed by atoms with E-state index in [9.17, 15) is 4.79 Å². The predicted molar refractivity (Wildman–Crippen MR) is 88.1 cm³/mol.